The summed E-state index contributed by atoms with van der Waals surface area (Å²) in [5, 5.41) is 3.02. The predicted molar refractivity (Wildman–Crippen MR) is 83.6 cm³/mol. The van der Waals surface area contributed by atoms with Crippen molar-refractivity contribution in [2.24, 2.45) is 0 Å². The SMILES string of the molecule is COC(=O)c1ccc(NCC(=O)c2ccc(OC)cc2)cc1. The molecule has 0 heterocycles. The Labute approximate surface area is 128 Å². The highest BCUT2D eigenvalue weighted by molar-refractivity contribution is 5.99. The molecule has 0 fully saturated rings. The molecule has 0 unspecified atom stereocenters. The Balaban J connectivity index is 1.94. The lowest BCUT2D eigenvalue weighted by Crippen LogP contribution is -2.14. The van der Waals surface area contributed by atoms with E-state index in [0.29, 0.717) is 16.9 Å². The van der Waals surface area contributed by atoms with E-state index < -0.39 is 0 Å². The molecule has 0 bridgehead atoms. The first-order chi connectivity index (χ1) is 10.6. The number of hydrogen-bond donors (Lipinski definition) is 1. The van der Waals surface area contributed by atoms with E-state index in [9.17, 15) is 9.59 Å². The molecule has 22 heavy (non-hydrogen) atoms. The van der Waals surface area contributed by atoms with Gasteiger partial charge in [0.2, 0.25) is 0 Å². The molecule has 0 aliphatic rings. The van der Waals surface area contributed by atoms with Crippen LogP contribution in [0, 0.1) is 0 Å². The molecule has 0 saturated heterocycles. The molecule has 2 aromatic carbocycles. The average Bonchev–Trinajstić information content (AvgIpc) is 2.59. The van der Waals surface area contributed by atoms with Crippen LogP contribution in [0.15, 0.2) is 48.5 Å². The van der Waals surface area contributed by atoms with Crippen molar-refractivity contribution < 1.29 is 19.1 Å². The third-order valence-corrected chi connectivity index (χ3v) is 3.17. The minimum Gasteiger partial charge on any atom is -0.497 e. The summed E-state index contributed by atoms with van der Waals surface area (Å²) in [5.41, 5.74) is 1.84. The fourth-order valence-corrected chi connectivity index (χ4v) is 1.90. The van der Waals surface area contributed by atoms with Crippen LogP contribution in [0.25, 0.3) is 0 Å². The average molecular weight is 299 g/mol. The molecule has 0 saturated carbocycles. The third kappa shape index (κ3) is 3.85. The first-order valence-electron chi connectivity index (χ1n) is 6.73. The number of carbonyl (C=O) groups excluding carboxylic acids is 2. The molecule has 0 atom stereocenters. The molecule has 0 spiro atoms. The van der Waals surface area contributed by atoms with Crippen molar-refractivity contribution in [1.82, 2.24) is 0 Å². The lowest BCUT2D eigenvalue weighted by molar-refractivity contribution is 0.0600. The van der Waals surface area contributed by atoms with Gasteiger partial charge >= 0.3 is 5.97 Å². The van der Waals surface area contributed by atoms with Gasteiger partial charge in [0.1, 0.15) is 5.75 Å². The first kappa shape index (κ1) is 15.6. The molecule has 0 aliphatic heterocycles. The quantitative estimate of drug-likeness (QED) is 0.656. The minimum absolute atomic E-state index is 0.0281. The van der Waals surface area contributed by atoms with E-state index in [-0.39, 0.29) is 18.3 Å². The summed E-state index contributed by atoms with van der Waals surface area (Å²) in [6.07, 6.45) is 0. The number of carbonyl (C=O) groups is 2. The molecule has 0 amide bonds. The smallest absolute Gasteiger partial charge is 0.337 e. The maximum atomic E-state index is 12.1. The normalized spacial score (nSPS) is 9.91. The molecule has 0 radical (unpaired) electrons. The number of ketones is 1. The van der Waals surface area contributed by atoms with E-state index in [4.69, 9.17) is 4.74 Å². The highest BCUT2D eigenvalue weighted by Gasteiger charge is 2.07. The Morgan fingerprint density at radius 2 is 1.50 bits per heavy atom. The number of ether oxygens (including phenoxy) is 2. The second kappa shape index (κ2) is 7.26. The molecule has 2 aromatic rings. The van der Waals surface area contributed by atoms with Gasteiger partial charge in [-0.25, -0.2) is 4.79 Å². The summed E-state index contributed by atoms with van der Waals surface area (Å²) in [5.74, 6) is 0.295. The minimum atomic E-state index is -0.388. The van der Waals surface area contributed by atoms with E-state index in [1.165, 1.54) is 7.11 Å². The van der Waals surface area contributed by atoms with Gasteiger partial charge in [-0.2, -0.15) is 0 Å². The van der Waals surface area contributed by atoms with Gasteiger partial charge in [-0.3, -0.25) is 4.79 Å². The molecule has 114 valence electrons. The van der Waals surface area contributed by atoms with Crippen molar-refractivity contribution in [3.05, 3.63) is 59.7 Å². The summed E-state index contributed by atoms with van der Waals surface area (Å²) >= 11 is 0. The summed E-state index contributed by atoms with van der Waals surface area (Å²) in [6, 6.07) is 13.7. The van der Waals surface area contributed by atoms with E-state index in [0.717, 1.165) is 5.69 Å². The van der Waals surface area contributed by atoms with Crippen molar-refractivity contribution in [3.63, 3.8) is 0 Å². The zero-order valence-corrected chi connectivity index (χ0v) is 12.5. The van der Waals surface area contributed by atoms with Crippen LogP contribution in [-0.4, -0.2) is 32.5 Å². The van der Waals surface area contributed by atoms with Crippen molar-refractivity contribution in [2.45, 2.75) is 0 Å². The molecule has 0 aliphatic carbocycles. The van der Waals surface area contributed by atoms with Crippen LogP contribution in [0.5, 0.6) is 5.75 Å². The Bertz CT molecular complexity index is 647. The summed E-state index contributed by atoms with van der Waals surface area (Å²) < 4.78 is 9.68. The van der Waals surface area contributed by atoms with Crippen molar-refractivity contribution in [3.8, 4) is 5.75 Å². The fourth-order valence-electron chi connectivity index (χ4n) is 1.90. The van der Waals surface area contributed by atoms with Gasteiger partial charge in [0.15, 0.2) is 5.78 Å². The molecular weight excluding hydrogens is 282 g/mol. The molecule has 5 heteroatoms. The van der Waals surface area contributed by atoms with E-state index >= 15 is 0 Å². The number of methoxy groups -OCH3 is 2. The van der Waals surface area contributed by atoms with Crippen LogP contribution in [0.4, 0.5) is 5.69 Å². The monoisotopic (exact) mass is 299 g/mol. The van der Waals surface area contributed by atoms with Gasteiger partial charge in [-0.05, 0) is 48.5 Å². The van der Waals surface area contributed by atoms with Crippen molar-refractivity contribution in [1.29, 1.82) is 0 Å². The molecule has 5 nitrogen and oxygen atoms in total. The lowest BCUT2D eigenvalue weighted by atomic mass is 10.1. The number of anilines is 1. The number of hydrogen-bond acceptors (Lipinski definition) is 5. The van der Waals surface area contributed by atoms with E-state index in [1.807, 2.05) is 0 Å². The zero-order valence-electron chi connectivity index (χ0n) is 12.5. The Kier molecular flexibility index (Phi) is 5.14. The standard InChI is InChI=1S/C17H17NO4/c1-21-15-9-5-12(6-10-15)16(19)11-18-14-7-3-13(4-8-14)17(20)22-2/h3-10,18H,11H2,1-2H3. The number of benzene rings is 2. The van der Waals surface area contributed by atoms with Crippen LogP contribution in [-0.2, 0) is 4.74 Å². The predicted octanol–water partition coefficient (Wildman–Crippen LogP) is 2.78. The van der Waals surface area contributed by atoms with Crippen molar-refractivity contribution in [2.75, 3.05) is 26.1 Å². The van der Waals surface area contributed by atoms with Gasteiger partial charge in [-0.1, -0.05) is 0 Å². The van der Waals surface area contributed by atoms with Gasteiger partial charge in [-0.15, -0.1) is 0 Å². The van der Waals surface area contributed by atoms with Gasteiger partial charge in [0, 0.05) is 11.3 Å². The maximum absolute atomic E-state index is 12.1. The summed E-state index contributed by atoms with van der Waals surface area (Å²) in [6.45, 7) is 0.171. The Hall–Kier alpha value is -2.82. The second-order valence-electron chi connectivity index (χ2n) is 4.57. The van der Waals surface area contributed by atoms with Crippen LogP contribution >= 0.6 is 0 Å². The Morgan fingerprint density at radius 1 is 0.909 bits per heavy atom. The molecule has 1 N–H and O–H groups in total. The highest BCUT2D eigenvalue weighted by atomic mass is 16.5. The van der Waals surface area contributed by atoms with Crippen LogP contribution in [0.3, 0.4) is 0 Å². The number of rotatable bonds is 6. The lowest BCUT2D eigenvalue weighted by Gasteiger charge is -2.07. The van der Waals surface area contributed by atoms with Gasteiger partial charge < -0.3 is 14.8 Å². The molecule has 0 aromatic heterocycles. The molecule has 2 rings (SSSR count). The highest BCUT2D eigenvalue weighted by Crippen LogP contribution is 2.13. The third-order valence-electron chi connectivity index (χ3n) is 3.17. The summed E-state index contributed by atoms with van der Waals surface area (Å²) in [7, 11) is 2.92. The number of esters is 1. The maximum Gasteiger partial charge on any atom is 0.337 e. The van der Waals surface area contributed by atoms with Gasteiger partial charge in [0.25, 0.3) is 0 Å². The first-order valence-corrected chi connectivity index (χ1v) is 6.73. The molecular formula is C17H17NO4. The summed E-state index contributed by atoms with van der Waals surface area (Å²) in [4.78, 5) is 23.4. The fraction of sp³-hybridized carbons (Fsp3) is 0.176. The van der Waals surface area contributed by atoms with E-state index in [2.05, 4.69) is 10.1 Å². The van der Waals surface area contributed by atoms with E-state index in [1.54, 1.807) is 55.6 Å². The second-order valence-corrected chi connectivity index (χ2v) is 4.57. The van der Waals surface area contributed by atoms with Crippen LogP contribution < -0.4 is 10.1 Å². The number of Topliss-reactive ketones (excluding diaryl/α,β-unsaturated/α-hetero) is 1. The largest absolute Gasteiger partial charge is 0.497 e. The number of nitrogens with one attached hydrogen (secondary N) is 1. The zero-order chi connectivity index (χ0) is 15.9. The topological polar surface area (TPSA) is 64.6 Å². The van der Waals surface area contributed by atoms with Crippen molar-refractivity contribution >= 4 is 17.4 Å². The Morgan fingerprint density at radius 3 is 2.05 bits per heavy atom. The van der Waals surface area contributed by atoms with Crippen LogP contribution in [0.2, 0.25) is 0 Å². The van der Waals surface area contributed by atoms with Gasteiger partial charge in [0.05, 0.1) is 26.3 Å². The van der Waals surface area contributed by atoms with Crippen LogP contribution in [0.1, 0.15) is 20.7 Å².